The van der Waals surface area contributed by atoms with Crippen LogP contribution in [0.4, 0.5) is 0 Å². The first kappa shape index (κ1) is 14.6. The van der Waals surface area contributed by atoms with Crippen molar-refractivity contribution in [3.63, 3.8) is 0 Å². The Bertz CT molecular complexity index is 478. The first-order valence-corrected chi connectivity index (χ1v) is 7.16. The van der Waals surface area contributed by atoms with Crippen molar-refractivity contribution in [1.29, 1.82) is 0 Å². The number of carbonyl (C=O) groups is 1. The zero-order valence-electron chi connectivity index (χ0n) is 11.5. The number of hydrogen-bond acceptors (Lipinski definition) is 3. The second kappa shape index (κ2) is 7.72. The van der Waals surface area contributed by atoms with E-state index >= 15 is 0 Å². The average Bonchev–Trinajstić information content (AvgIpc) is 2.53. The van der Waals surface area contributed by atoms with E-state index in [9.17, 15) is 4.79 Å². The van der Waals surface area contributed by atoms with Gasteiger partial charge < -0.3 is 9.84 Å². The van der Waals surface area contributed by atoms with E-state index in [1.54, 1.807) is 12.1 Å². The molecular weight excluding hydrogens is 252 g/mol. The van der Waals surface area contributed by atoms with Crippen LogP contribution in [0.25, 0.3) is 0 Å². The third-order valence-corrected chi connectivity index (χ3v) is 3.64. The van der Waals surface area contributed by atoms with Crippen LogP contribution in [0, 0.1) is 17.8 Å². The molecule has 106 valence electrons. The fourth-order valence-corrected chi connectivity index (χ4v) is 2.58. The lowest BCUT2D eigenvalue weighted by atomic mass is 9.85. The predicted molar refractivity (Wildman–Crippen MR) is 77.1 cm³/mol. The van der Waals surface area contributed by atoms with Gasteiger partial charge in [0.05, 0.1) is 5.56 Å². The summed E-state index contributed by atoms with van der Waals surface area (Å²) < 4.78 is 5.55. The average molecular weight is 272 g/mol. The third-order valence-electron chi connectivity index (χ3n) is 3.64. The van der Waals surface area contributed by atoms with Crippen LogP contribution in [0.15, 0.2) is 30.3 Å². The zero-order chi connectivity index (χ0) is 14.2. The molecule has 1 saturated carbocycles. The Kier molecular flexibility index (Phi) is 5.64. The summed E-state index contributed by atoms with van der Waals surface area (Å²) in [6, 6.07) is 8.96. The lowest BCUT2D eigenvalue weighted by Crippen LogP contribution is -2.27. The van der Waals surface area contributed by atoms with Crippen LogP contribution in [0.2, 0.25) is 0 Å². The molecule has 0 spiro atoms. The van der Waals surface area contributed by atoms with Crippen LogP contribution in [0.3, 0.4) is 0 Å². The maximum absolute atomic E-state index is 12.1. The van der Waals surface area contributed by atoms with E-state index < -0.39 is 6.10 Å². The smallest absolute Gasteiger partial charge is 0.339 e. The second-order valence-corrected chi connectivity index (χ2v) is 5.07. The number of esters is 1. The number of benzene rings is 1. The van der Waals surface area contributed by atoms with Crippen molar-refractivity contribution in [2.75, 3.05) is 6.61 Å². The van der Waals surface area contributed by atoms with Crippen LogP contribution in [-0.4, -0.2) is 23.8 Å². The quantitative estimate of drug-likeness (QED) is 0.680. The predicted octanol–water partition coefficient (Wildman–Crippen LogP) is 2.79. The van der Waals surface area contributed by atoms with Gasteiger partial charge in [0.25, 0.3) is 0 Å². The molecule has 0 aliphatic heterocycles. The molecule has 0 unspecified atom stereocenters. The highest BCUT2D eigenvalue weighted by molar-refractivity contribution is 5.89. The van der Waals surface area contributed by atoms with E-state index in [4.69, 9.17) is 9.84 Å². The summed E-state index contributed by atoms with van der Waals surface area (Å²) in [5.74, 6) is 5.48. The molecule has 20 heavy (non-hydrogen) atoms. The molecule has 3 heteroatoms. The van der Waals surface area contributed by atoms with Crippen LogP contribution in [0.1, 0.15) is 42.5 Å². The van der Waals surface area contributed by atoms with E-state index in [1.807, 2.05) is 18.2 Å². The molecule has 0 radical (unpaired) electrons. The minimum absolute atomic E-state index is 0.202. The van der Waals surface area contributed by atoms with E-state index in [0.29, 0.717) is 5.56 Å². The first-order chi connectivity index (χ1) is 9.81. The number of rotatable bonds is 3. The number of hydrogen-bond donors (Lipinski definition) is 1. The minimum atomic E-state index is -0.407. The van der Waals surface area contributed by atoms with Gasteiger partial charge in [0.1, 0.15) is 6.61 Å². The number of carbonyl (C=O) groups excluding carboxylic acids is 1. The summed E-state index contributed by atoms with van der Waals surface area (Å²) >= 11 is 0. The van der Waals surface area contributed by atoms with Gasteiger partial charge in [0.2, 0.25) is 0 Å². The van der Waals surface area contributed by atoms with Crippen LogP contribution >= 0.6 is 0 Å². The first-order valence-electron chi connectivity index (χ1n) is 7.16. The van der Waals surface area contributed by atoms with Crippen molar-refractivity contribution < 1.29 is 14.6 Å². The molecule has 0 saturated heterocycles. The molecule has 0 amide bonds. The van der Waals surface area contributed by atoms with Gasteiger partial charge in [-0.05, 0) is 25.0 Å². The monoisotopic (exact) mass is 272 g/mol. The van der Waals surface area contributed by atoms with Crippen molar-refractivity contribution in [2.24, 2.45) is 5.92 Å². The Morgan fingerprint density at radius 2 is 1.95 bits per heavy atom. The summed E-state index contributed by atoms with van der Waals surface area (Å²) in [5, 5.41) is 8.85. The molecule has 0 heterocycles. The lowest BCUT2D eigenvalue weighted by Gasteiger charge is -2.26. The van der Waals surface area contributed by atoms with Gasteiger partial charge in [-0.25, -0.2) is 4.79 Å². The van der Waals surface area contributed by atoms with Crippen molar-refractivity contribution in [3.05, 3.63) is 35.9 Å². The fraction of sp³-hybridized carbons (Fsp3) is 0.471. The van der Waals surface area contributed by atoms with E-state index in [1.165, 1.54) is 6.42 Å². The van der Waals surface area contributed by atoms with Crippen LogP contribution < -0.4 is 0 Å². The second-order valence-electron chi connectivity index (χ2n) is 5.07. The highest BCUT2D eigenvalue weighted by Crippen LogP contribution is 2.28. The van der Waals surface area contributed by atoms with Crippen molar-refractivity contribution in [3.8, 4) is 11.8 Å². The van der Waals surface area contributed by atoms with Gasteiger partial charge in [-0.1, -0.05) is 49.3 Å². The van der Waals surface area contributed by atoms with Crippen LogP contribution in [0.5, 0.6) is 0 Å². The van der Waals surface area contributed by atoms with E-state index in [2.05, 4.69) is 11.8 Å². The maximum Gasteiger partial charge on any atom is 0.339 e. The highest BCUT2D eigenvalue weighted by atomic mass is 16.5. The lowest BCUT2D eigenvalue weighted by molar-refractivity contribution is 0.0251. The molecule has 2 rings (SSSR count). The molecule has 1 aliphatic rings. The molecular formula is C17H20O3. The fourth-order valence-electron chi connectivity index (χ4n) is 2.58. The Morgan fingerprint density at radius 1 is 1.25 bits per heavy atom. The summed E-state index contributed by atoms with van der Waals surface area (Å²) in [7, 11) is 0. The van der Waals surface area contributed by atoms with E-state index in [0.717, 1.165) is 25.7 Å². The molecule has 1 fully saturated rings. The van der Waals surface area contributed by atoms with Gasteiger partial charge in [-0.15, -0.1) is 0 Å². The Hall–Kier alpha value is -1.79. The maximum atomic E-state index is 12.1. The number of aliphatic hydroxyl groups is 1. The highest BCUT2D eigenvalue weighted by Gasteiger charge is 2.25. The molecule has 0 aromatic heterocycles. The number of aliphatic hydroxyl groups excluding tert-OH is 1. The van der Waals surface area contributed by atoms with E-state index in [-0.39, 0.29) is 18.5 Å². The summed E-state index contributed by atoms with van der Waals surface area (Å²) in [5.41, 5.74) is 0.541. The minimum Gasteiger partial charge on any atom is -0.445 e. The van der Waals surface area contributed by atoms with Gasteiger partial charge >= 0.3 is 5.97 Å². The molecule has 1 aromatic rings. The van der Waals surface area contributed by atoms with Crippen LogP contribution in [-0.2, 0) is 4.74 Å². The largest absolute Gasteiger partial charge is 0.445 e. The Balaban J connectivity index is 2.05. The Labute approximate surface area is 120 Å². The molecule has 1 aliphatic carbocycles. The van der Waals surface area contributed by atoms with Crippen molar-refractivity contribution >= 4 is 5.97 Å². The van der Waals surface area contributed by atoms with Gasteiger partial charge in [0.15, 0.2) is 6.10 Å². The standard InChI is InChI=1S/C17H20O3/c18-13-7-12-16(14-8-3-1-4-9-14)20-17(19)15-10-5-2-6-11-15/h2,5-6,10-11,14,16,18H,1,3-4,8-9,13H2/t16-/m1/s1. The normalized spacial score (nSPS) is 16.9. The van der Waals surface area contributed by atoms with Crippen molar-refractivity contribution in [2.45, 2.75) is 38.2 Å². The molecule has 1 atom stereocenters. The molecule has 3 nitrogen and oxygen atoms in total. The Morgan fingerprint density at radius 3 is 2.60 bits per heavy atom. The summed E-state index contributed by atoms with van der Waals surface area (Å²) in [6.07, 6.45) is 5.22. The van der Waals surface area contributed by atoms with Gasteiger partial charge in [-0.2, -0.15) is 0 Å². The van der Waals surface area contributed by atoms with Gasteiger partial charge in [0, 0.05) is 5.92 Å². The molecule has 1 N–H and O–H groups in total. The van der Waals surface area contributed by atoms with Crippen molar-refractivity contribution in [1.82, 2.24) is 0 Å². The summed E-state index contributed by atoms with van der Waals surface area (Å²) in [6.45, 7) is -0.202. The third kappa shape index (κ3) is 4.11. The topological polar surface area (TPSA) is 46.5 Å². The summed E-state index contributed by atoms with van der Waals surface area (Å²) in [4.78, 5) is 12.1. The number of ether oxygens (including phenoxy) is 1. The SMILES string of the molecule is O=C(O[C@H](C#CCO)C1CCCCC1)c1ccccc1. The molecule has 0 bridgehead atoms. The molecule has 1 aromatic carbocycles. The zero-order valence-corrected chi connectivity index (χ0v) is 11.5. The van der Waals surface area contributed by atoms with Gasteiger partial charge in [-0.3, -0.25) is 0 Å².